The third-order valence-corrected chi connectivity index (χ3v) is 5.44. The van der Waals surface area contributed by atoms with E-state index in [1.54, 1.807) is 11.6 Å². The first-order chi connectivity index (χ1) is 13.7. The molecule has 0 radical (unpaired) electrons. The Morgan fingerprint density at radius 2 is 1.96 bits per heavy atom. The molecule has 0 saturated carbocycles. The molecule has 0 bridgehead atoms. The molecule has 0 aliphatic heterocycles. The minimum Gasteiger partial charge on any atom is -0.300 e. The number of thioether (sulfide) groups is 1. The fourth-order valence-corrected chi connectivity index (χ4v) is 3.90. The first kappa shape index (κ1) is 18.6. The number of carbonyl (C=O) groups excluding carboxylic acids is 1. The summed E-state index contributed by atoms with van der Waals surface area (Å²) in [5.41, 5.74) is 3.30. The Hall–Kier alpha value is -2.75. The van der Waals surface area contributed by atoms with E-state index in [2.05, 4.69) is 25.7 Å². The molecule has 4 rings (SSSR count). The van der Waals surface area contributed by atoms with Gasteiger partial charge in [0.1, 0.15) is 5.51 Å². The van der Waals surface area contributed by atoms with E-state index in [0.29, 0.717) is 21.1 Å². The number of nitrogens with one attached hydrogen (secondary N) is 1. The number of benzene rings is 2. The lowest BCUT2D eigenvalue weighted by Gasteiger charge is -2.10. The second-order valence-corrected chi connectivity index (χ2v) is 7.78. The molecule has 0 saturated heterocycles. The van der Waals surface area contributed by atoms with Crippen LogP contribution in [0.3, 0.4) is 0 Å². The van der Waals surface area contributed by atoms with E-state index in [1.807, 2.05) is 53.1 Å². The average molecular weight is 429 g/mol. The maximum absolute atomic E-state index is 12.2. The number of amides is 1. The summed E-state index contributed by atoms with van der Waals surface area (Å²) in [6, 6.07) is 17.2. The number of anilines is 1. The van der Waals surface area contributed by atoms with Crippen LogP contribution in [0.5, 0.6) is 0 Å². The molecule has 2 aromatic carbocycles. The van der Waals surface area contributed by atoms with Crippen LogP contribution < -0.4 is 5.32 Å². The van der Waals surface area contributed by atoms with Gasteiger partial charge in [-0.25, -0.2) is 0 Å². The molecule has 0 unspecified atom stereocenters. The van der Waals surface area contributed by atoms with Gasteiger partial charge in [0, 0.05) is 10.6 Å². The predicted molar refractivity (Wildman–Crippen MR) is 111 cm³/mol. The highest BCUT2D eigenvalue weighted by Crippen LogP contribution is 2.29. The molecule has 1 amide bonds. The van der Waals surface area contributed by atoms with Crippen LogP contribution in [0.25, 0.3) is 17.1 Å². The van der Waals surface area contributed by atoms with Gasteiger partial charge in [0.25, 0.3) is 0 Å². The van der Waals surface area contributed by atoms with Crippen LogP contribution in [0.2, 0.25) is 5.02 Å². The van der Waals surface area contributed by atoms with Crippen molar-refractivity contribution in [1.82, 2.24) is 25.0 Å². The molecule has 10 heteroatoms. The number of hydrogen-bond donors (Lipinski definition) is 1. The van der Waals surface area contributed by atoms with Crippen LogP contribution >= 0.6 is 34.7 Å². The zero-order valence-corrected chi connectivity index (χ0v) is 16.7. The summed E-state index contributed by atoms with van der Waals surface area (Å²) in [5, 5.41) is 20.5. The normalized spacial score (nSPS) is 10.8. The molecular weight excluding hydrogens is 416 g/mol. The summed E-state index contributed by atoms with van der Waals surface area (Å²) in [6.45, 7) is 0. The van der Waals surface area contributed by atoms with Crippen molar-refractivity contribution < 1.29 is 4.79 Å². The van der Waals surface area contributed by atoms with Crippen LogP contribution in [0.4, 0.5) is 5.13 Å². The summed E-state index contributed by atoms with van der Waals surface area (Å²) in [6.07, 6.45) is 0. The Labute approximate surface area is 173 Å². The van der Waals surface area contributed by atoms with Crippen molar-refractivity contribution in [3.05, 3.63) is 65.1 Å². The maximum atomic E-state index is 12.2. The van der Waals surface area contributed by atoms with Gasteiger partial charge in [-0.05, 0) is 18.2 Å². The standard InChI is InChI=1S/C18H13ClN6OS2/c19-13-7-4-8-14(9-13)25-16(12-5-2-1-3-6-12)22-24-18(25)27-10-15(26)21-17-23-20-11-28-17/h1-9,11H,10H2,(H,21,23,26). The quantitative estimate of drug-likeness (QED) is 0.464. The second-order valence-electron chi connectivity index (χ2n) is 5.57. The molecule has 2 heterocycles. The topological polar surface area (TPSA) is 85.6 Å². The van der Waals surface area contributed by atoms with Crippen LogP contribution in [0.1, 0.15) is 0 Å². The molecule has 28 heavy (non-hydrogen) atoms. The van der Waals surface area contributed by atoms with Gasteiger partial charge in [-0.1, -0.05) is 71.1 Å². The minimum absolute atomic E-state index is 0.160. The van der Waals surface area contributed by atoms with Gasteiger partial charge in [-0.3, -0.25) is 14.7 Å². The van der Waals surface area contributed by atoms with Crippen molar-refractivity contribution in [1.29, 1.82) is 0 Å². The lowest BCUT2D eigenvalue weighted by Crippen LogP contribution is -2.14. The molecule has 1 N–H and O–H groups in total. The van der Waals surface area contributed by atoms with E-state index >= 15 is 0 Å². The molecule has 140 valence electrons. The van der Waals surface area contributed by atoms with E-state index < -0.39 is 0 Å². The van der Waals surface area contributed by atoms with Crippen LogP contribution in [0.15, 0.2) is 65.3 Å². The fourth-order valence-electron chi connectivity index (χ4n) is 2.50. The Bertz CT molecular complexity index is 1080. The Balaban J connectivity index is 1.63. The second kappa shape index (κ2) is 8.51. The van der Waals surface area contributed by atoms with E-state index in [9.17, 15) is 4.79 Å². The number of carbonyl (C=O) groups is 1. The number of nitrogens with zero attached hydrogens (tertiary/aromatic N) is 5. The Morgan fingerprint density at radius 3 is 2.71 bits per heavy atom. The van der Waals surface area contributed by atoms with Gasteiger partial charge in [0.15, 0.2) is 11.0 Å². The molecule has 7 nitrogen and oxygen atoms in total. The van der Waals surface area contributed by atoms with Gasteiger partial charge in [0.05, 0.1) is 11.4 Å². The SMILES string of the molecule is O=C(CSc1nnc(-c2ccccc2)n1-c1cccc(Cl)c1)Nc1nncs1. The molecule has 0 atom stereocenters. The molecule has 0 spiro atoms. The molecule has 2 aromatic heterocycles. The molecule has 4 aromatic rings. The van der Waals surface area contributed by atoms with Gasteiger partial charge < -0.3 is 0 Å². The van der Waals surface area contributed by atoms with Crippen molar-refractivity contribution in [2.24, 2.45) is 0 Å². The van der Waals surface area contributed by atoms with Crippen molar-refractivity contribution in [2.45, 2.75) is 5.16 Å². The Kier molecular flexibility index (Phi) is 5.65. The monoisotopic (exact) mass is 428 g/mol. The zero-order chi connectivity index (χ0) is 19.3. The number of halogens is 1. The third-order valence-electron chi connectivity index (χ3n) is 3.67. The first-order valence-electron chi connectivity index (χ1n) is 8.16. The van der Waals surface area contributed by atoms with E-state index in [-0.39, 0.29) is 11.7 Å². The van der Waals surface area contributed by atoms with Crippen LogP contribution in [-0.2, 0) is 4.79 Å². The zero-order valence-electron chi connectivity index (χ0n) is 14.3. The van der Waals surface area contributed by atoms with Gasteiger partial charge in [-0.15, -0.1) is 20.4 Å². The fraction of sp³-hybridized carbons (Fsp3) is 0.0556. The summed E-state index contributed by atoms with van der Waals surface area (Å²) >= 11 is 8.73. The summed E-state index contributed by atoms with van der Waals surface area (Å²) in [4.78, 5) is 12.2. The first-order valence-corrected chi connectivity index (χ1v) is 10.4. The number of rotatable bonds is 6. The van der Waals surface area contributed by atoms with E-state index in [1.165, 1.54) is 23.1 Å². The lowest BCUT2D eigenvalue weighted by molar-refractivity contribution is -0.113. The largest absolute Gasteiger partial charge is 0.300 e. The Morgan fingerprint density at radius 1 is 1.11 bits per heavy atom. The highest BCUT2D eigenvalue weighted by Gasteiger charge is 2.17. The minimum atomic E-state index is -0.191. The van der Waals surface area contributed by atoms with Gasteiger partial charge >= 0.3 is 0 Å². The van der Waals surface area contributed by atoms with E-state index in [0.717, 1.165) is 11.3 Å². The van der Waals surface area contributed by atoms with Crippen LogP contribution in [-0.4, -0.2) is 36.6 Å². The average Bonchev–Trinajstić information content (AvgIpc) is 3.36. The maximum Gasteiger partial charge on any atom is 0.236 e. The molecular formula is C18H13ClN6OS2. The third kappa shape index (κ3) is 4.22. The van der Waals surface area contributed by atoms with Crippen molar-refractivity contribution in [3.63, 3.8) is 0 Å². The highest BCUT2D eigenvalue weighted by molar-refractivity contribution is 7.99. The summed E-state index contributed by atoms with van der Waals surface area (Å²) < 4.78 is 1.89. The van der Waals surface area contributed by atoms with Crippen LogP contribution in [0, 0.1) is 0 Å². The van der Waals surface area contributed by atoms with Crippen molar-refractivity contribution in [3.8, 4) is 17.1 Å². The smallest absolute Gasteiger partial charge is 0.236 e. The molecule has 0 fully saturated rings. The molecule has 0 aliphatic carbocycles. The number of aromatic nitrogens is 5. The van der Waals surface area contributed by atoms with Gasteiger partial charge in [-0.2, -0.15) is 0 Å². The molecule has 0 aliphatic rings. The van der Waals surface area contributed by atoms with Gasteiger partial charge in [0.2, 0.25) is 11.0 Å². The van der Waals surface area contributed by atoms with Crippen molar-refractivity contribution >= 4 is 45.7 Å². The summed E-state index contributed by atoms with van der Waals surface area (Å²) in [5.74, 6) is 0.645. The predicted octanol–water partition coefficient (Wildman–Crippen LogP) is 4.17. The summed E-state index contributed by atoms with van der Waals surface area (Å²) in [7, 11) is 0. The lowest BCUT2D eigenvalue weighted by atomic mass is 10.2. The van der Waals surface area contributed by atoms with E-state index in [4.69, 9.17) is 11.6 Å². The van der Waals surface area contributed by atoms with Crippen molar-refractivity contribution in [2.75, 3.05) is 11.1 Å². The highest BCUT2D eigenvalue weighted by atomic mass is 35.5. The number of hydrogen-bond acceptors (Lipinski definition) is 7.